The summed E-state index contributed by atoms with van der Waals surface area (Å²) in [5.41, 5.74) is 4.33. The van der Waals surface area contributed by atoms with Gasteiger partial charge in [-0.1, -0.05) is 0 Å². The topological polar surface area (TPSA) is 38.7 Å². The van der Waals surface area contributed by atoms with Crippen LogP contribution in [0.25, 0.3) is 33.4 Å². The Hall–Kier alpha value is -1.37. The van der Waals surface area contributed by atoms with Crippen molar-refractivity contribution in [2.24, 2.45) is 0 Å². The number of rotatable bonds is 2. The molecule has 0 spiro atoms. The van der Waals surface area contributed by atoms with Crippen LogP contribution in [0.2, 0.25) is 0 Å². The van der Waals surface area contributed by atoms with Crippen LogP contribution in [0, 0.1) is 9.39 Å². The Morgan fingerprint density at radius 1 is 0.962 bits per heavy atom. The molecule has 0 bridgehead atoms. The third-order valence-electron chi connectivity index (χ3n) is 4.00. The molecule has 2 aromatic heterocycles. The maximum absolute atomic E-state index is 13.7. The Morgan fingerprint density at radius 2 is 1.69 bits per heavy atom. The van der Waals surface area contributed by atoms with Gasteiger partial charge >= 0.3 is 181 Å². The van der Waals surface area contributed by atoms with Crippen LogP contribution >= 0.6 is 38.5 Å². The Labute approximate surface area is 180 Å². The van der Waals surface area contributed by atoms with Crippen molar-refractivity contribution in [3.8, 4) is 22.4 Å². The van der Waals surface area contributed by atoms with Gasteiger partial charge in [0.1, 0.15) is 0 Å². The molecule has 0 aliphatic rings. The molecule has 26 heavy (non-hydrogen) atoms. The van der Waals surface area contributed by atoms with E-state index in [0.29, 0.717) is 10.1 Å². The predicted molar refractivity (Wildman–Crippen MR) is 117 cm³/mol. The fraction of sp³-hybridized carbons (Fsp3) is 0. The molecule has 7 heteroatoms. The summed E-state index contributed by atoms with van der Waals surface area (Å²) in [6.07, 6.45) is 1.54. The van der Waals surface area contributed by atoms with E-state index in [4.69, 9.17) is 4.98 Å². The second kappa shape index (κ2) is 7.33. The molecular formula is C19H11AsBrFIN3. The van der Waals surface area contributed by atoms with Crippen molar-refractivity contribution >= 4 is 70.9 Å². The second-order valence-corrected chi connectivity index (χ2v) is 8.90. The number of benzene rings is 2. The van der Waals surface area contributed by atoms with Gasteiger partial charge in [0.2, 0.25) is 0 Å². The first-order chi connectivity index (χ1) is 12.5. The van der Waals surface area contributed by atoms with E-state index in [9.17, 15) is 4.39 Å². The van der Waals surface area contributed by atoms with Crippen molar-refractivity contribution < 1.29 is 4.39 Å². The molecule has 0 N–H and O–H groups in total. The Bertz CT molecular complexity index is 1140. The first kappa shape index (κ1) is 18.0. The monoisotopic (exact) mass is 581 g/mol. The summed E-state index contributed by atoms with van der Waals surface area (Å²) in [4.78, 5) is 13.4. The number of aromatic nitrogens is 3. The van der Waals surface area contributed by atoms with Crippen LogP contribution in [0.1, 0.15) is 0 Å². The normalized spacial score (nSPS) is 11.1. The van der Waals surface area contributed by atoms with Crippen molar-refractivity contribution in [1.82, 2.24) is 15.0 Å². The zero-order chi connectivity index (χ0) is 18.3. The fourth-order valence-electron chi connectivity index (χ4n) is 2.75. The minimum atomic E-state index is -0.290. The average molecular weight is 582 g/mol. The van der Waals surface area contributed by atoms with Gasteiger partial charge in [-0.15, -0.1) is 0 Å². The SMILES string of the molecule is Fc1ccc(-c2cc(-c3ccc(I)cc3)nc3ncnc([AsH2])c23)cc1Br. The van der Waals surface area contributed by atoms with E-state index >= 15 is 0 Å². The summed E-state index contributed by atoms with van der Waals surface area (Å²) in [6.45, 7) is 0. The molecule has 0 fully saturated rings. The van der Waals surface area contributed by atoms with E-state index in [1.54, 1.807) is 12.1 Å². The van der Waals surface area contributed by atoms with Crippen LogP contribution in [0.3, 0.4) is 0 Å². The number of nitrogens with zero attached hydrogens (tertiary/aromatic N) is 3. The van der Waals surface area contributed by atoms with Crippen molar-refractivity contribution in [1.29, 1.82) is 0 Å². The summed E-state index contributed by atoms with van der Waals surface area (Å²) < 4.78 is 16.2. The van der Waals surface area contributed by atoms with E-state index in [1.807, 2.05) is 30.3 Å². The fourth-order valence-corrected chi connectivity index (χ4v) is 4.22. The molecule has 0 aliphatic carbocycles. The Kier molecular flexibility index (Phi) is 5.08. The summed E-state index contributed by atoms with van der Waals surface area (Å²) in [7, 11) is 0. The van der Waals surface area contributed by atoms with Gasteiger partial charge in [-0.2, -0.15) is 0 Å². The van der Waals surface area contributed by atoms with Crippen LogP contribution in [-0.2, 0) is 0 Å². The van der Waals surface area contributed by atoms with Gasteiger partial charge in [0.15, 0.2) is 0 Å². The first-order valence-electron chi connectivity index (χ1n) is 7.65. The number of pyridine rings is 1. The third kappa shape index (κ3) is 3.42. The van der Waals surface area contributed by atoms with Gasteiger partial charge in [-0.25, -0.2) is 0 Å². The molecular weight excluding hydrogens is 571 g/mol. The predicted octanol–water partition coefficient (Wildman–Crippen LogP) is 4.12. The van der Waals surface area contributed by atoms with E-state index in [-0.39, 0.29) is 5.82 Å². The summed E-state index contributed by atoms with van der Waals surface area (Å²) in [5, 5.41) is 0.903. The summed E-state index contributed by atoms with van der Waals surface area (Å²) in [6, 6.07) is 15.2. The number of halogens is 3. The molecule has 4 rings (SSSR count). The molecule has 128 valence electrons. The zero-order valence-corrected chi connectivity index (χ0v) is 19.4. The molecule has 2 aromatic carbocycles. The van der Waals surface area contributed by atoms with Gasteiger partial charge in [0.25, 0.3) is 0 Å². The van der Waals surface area contributed by atoms with Crippen molar-refractivity contribution in [3.05, 3.63) is 68.7 Å². The van der Waals surface area contributed by atoms with Gasteiger partial charge in [-0.05, 0) is 0 Å². The third-order valence-corrected chi connectivity index (χ3v) is 6.25. The van der Waals surface area contributed by atoms with E-state index in [0.717, 1.165) is 35.8 Å². The Balaban J connectivity index is 2.02. The van der Waals surface area contributed by atoms with E-state index < -0.39 is 0 Å². The number of hydrogen-bond donors (Lipinski definition) is 0. The van der Waals surface area contributed by atoms with Crippen LogP contribution in [0.5, 0.6) is 0 Å². The molecule has 0 saturated carbocycles. The quantitative estimate of drug-likeness (QED) is 0.264. The summed E-state index contributed by atoms with van der Waals surface area (Å²) >= 11 is 6.96. The van der Waals surface area contributed by atoms with Gasteiger partial charge in [0, 0.05) is 0 Å². The Morgan fingerprint density at radius 3 is 2.42 bits per heavy atom. The molecule has 2 heterocycles. The number of fused-ring (bicyclic) bond motifs is 1. The molecule has 1 unspecified atom stereocenters. The first-order valence-corrected chi connectivity index (χ1v) is 10.7. The molecule has 3 nitrogen and oxygen atoms in total. The molecule has 1 atom stereocenters. The molecule has 0 radical (unpaired) electrons. The van der Waals surface area contributed by atoms with Crippen LogP contribution < -0.4 is 4.48 Å². The maximum atomic E-state index is 13.7. The zero-order valence-electron chi connectivity index (χ0n) is 13.2. The molecule has 0 aliphatic heterocycles. The standard InChI is InChI=1S/C19H11AsBrFIN3/c20-18-17-13(11-3-6-15(22)14(21)7-11)8-16(26-19(17)25-9-24-18)10-1-4-12(23)5-2-10/h1-9H,20H2. The number of hydrogen-bond acceptors (Lipinski definition) is 3. The molecule has 0 saturated heterocycles. The molecule has 4 aromatic rings. The van der Waals surface area contributed by atoms with Crippen LogP contribution in [0.15, 0.2) is 59.3 Å². The average Bonchev–Trinajstić information content (AvgIpc) is 2.64. The van der Waals surface area contributed by atoms with Gasteiger partial charge in [-0.3, -0.25) is 0 Å². The second-order valence-electron chi connectivity index (χ2n) is 5.65. The van der Waals surface area contributed by atoms with Crippen LogP contribution in [-0.4, -0.2) is 31.8 Å². The molecule has 0 amide bonds. The minimum absolute atomic E-state index is 0.290. The van der Waals surface area contributed by atoms with Gasteiger partial charge in [0.05, 0.1) is 0 Å². The van der Waals surface area contributed by atoms with Crippen molar-refractivity contribution in [2.75, 3.05) is 0 Å². The van der Waals surface area contributed by atoms with Crippen molar-refractivity contribution in [2.45, 2.75) is 0 Å². The van der Waals surface area contributed by atoms with E-state index in [2.05, 4.69) is 48.5 Å². The van der Waals surface area contributed by atoms with Crippen LogP contribution in [0.4, 0.5) is 4.39 Å². The van der Waals surface area contributed by atoms with E-state index in [1.165, 1.54) is 29.2 Å². The van der Waals surface area contributed by atoms with Crippen molar-refractivity contribution in [3.63, 3.8) is 0 Å². The summed E-state index contributed by atoms with van der Waals surface area (Å²) in [5.74, 6) is -0.290. The van der Waals surface area contributed by atoms with Gasteiger partial charge < -0.3 is 0 Å².